The molecular formula is C19H27BrN2O8. The van der Waals surface area contributed by atoms with Crippen LogP contribution in [0.1, 0.15) is 45.4 Å². The Balaban J connectivity index is 2.01. The molecule has 1 rings (SSSR count). The highest BCUT2D eigenvalue weighted by atomic mass is 79.9. The number of carbonyl (C=O) groups excluding carboxylic acids is 5. The molecule has 0 aromatic heterocycles. The lowest BCUT2D eigenvalue weighted by molar-refractivity contribution is -0.198. The smallest absolute Gasteiger partial charge is 0.335 e. The van der Waals surface area contributed by atoms with E-state index in [-0.39, 0.29) is 61.7 Å². The topological polar surface area (TPSA) is 128 Å². The van der Waals surface area contributed by atoms with Crippen LogP contribution in [0.15, 0.2) is 10.6 Å². The van der Waals surface area contributed by atoms with Crippen molar-refractivity contribution in [3.63, 3.8) is 0 Å². The van der Waals surface area contributed by atoms with Gasteiger partial charge in [0.05, 0.1) is 30.7 Å². The molecule has 0 bridgehead atoms. The number of ether oxygens (including phenoxy) is 2. The molecule has 0 aliphatic carbocycles. The fourth-order valence-corrected chi connectivity index (χ4v) is 2.63. The maximum atomic E-state index is 11.8. The molecule has 1 N–H and O–H groups in total. The van der Waals surface area contributed by atoms with Gasteiger partial charge in [-0.3, -0.25) is 19.2 Å². The molecule has 1 fully saturated rings. The van der Waals surface area contributed by atoms with Gasteiger partial charge in [-0.25, -0.2) is 4.79 Å². The highest BCUT2D eigenvalue weighted by Crippen LogP contribution is 2.12. The van der Waals surface area contributed by atoms with Crippen molar-refractivity contribution in [1.82, 2.24) is 10.4 Å². The van der Waals surface area contributed by atoms with Gasteiger partial charge in [-0.15, -0.1) is 5.06 Å². The number of carbonyl (C=O) groups is 5. The second-order valence-corrected chi connectivity index (χ2v) is 7.19. The molecule has 3 amide bonds. The van der Waals surface area contributed by atoms with Crippen molar-refractivity contribution in [2.45, 2.75) is 45.4 Å². The molecule has 0 unspecified atom stereocenters. The van der Waals surface area contributed by atoms with Crippen LogP contribution in [0.25, 0.3) is 0 Å². The van der Waals surface area contributed by atoms with E-state index in [2.05, 4.69) is 21.2 Å². The molecule has 30 heavy (non-hydrogen) atoms. The van der Waals surface area contributed by atoms with Gasteiger partial charge < -0.3 is 19.6 Å². The molecular weight excluding hydrogens is 464 g/mol. The zero-order valence-corrected chi connectivity index (χ0v) is 18.5. The van der Waals surface area contributed by atoms with E-state index in [4.69, 9.17) is 14.3 Å². The molecule has 168 valence electrons. The van der Waals surface area contributed by atoms with Crippen LogP contribution in [0.2, 0.25) is 0 Å². The first kappa shape index (κ1) is 25.9. The first-order valence-corrected chi connectivity index (χ1v) is 10.5. The third-order valence-electron chi connectivity index (χ3n) is 3.77. The van der Waals surface area contributed by atoms with Crippen LogP contribution in [-0.2, 0) is 38.3 Å². The number of imide groups is 1. The molecule has 0 spiro atoms. The minimum atomic E-state index is -0.722. The van der Waals surface area contributed by atoms with E-state index in [0.717, 1.165) is 6.42 Å². The Labute approximate surface area is 183 Å². The van der Waals surface area contributed by atoms with E-state index in [1.807, 2.05) is 6.92 Å². The fourth-order valence-electron chi connectivity index (χ4n) is 2.23. The van der Waals surface area contributed by atoms with Gasteiger partial charge in [0.1, 0.15) is 0 Å². The number of amides is 3. The number of hydrogen-bond donors (Lipinski definition) is 1. The quantitative estimate of drug-likeness (QED) is 0.206. The standard InChI is InChI=1S/C19H27BrN2O8/c1-2-8-21-19(27)15(20)13-14(23)4-3-9-28-11-12-29-10-7-18(26)30-22-16(24)5-6-17(22)25/h13H,2-12H2,1H3,(H,21,27)/b15-13+. The Kier molecular flexibility index (Phi) is 12.8. The number of hydrogen-bond acceptors (Lipinski definition) is 8. The van der Waals surface area contributed by atoms with Gasteiger partial charge in [-0.1, -0.05) is 6.92 Å². The molecule has 11 heteroatoms. The Hall–Kier alpha value is -2.11. The summed E-state index contributed by atoms with van der Waals surface area (Å²) < 4.78 is 10.8. The molecule has 0 radical (unpaired) electrons. The number of hydroxylamine groups is 2. The van der Waals surface area contributed by atoms with Crippen molar-refractivity contribution in [1.29, 1.82) is 0 Å². The van der Waals surface area contributed by atoms with Crippen molar-refractivity contribution in [2.75, 3.05) is 33.0 Å². The van der Waals surface area contributed by atoms with Crippen molar-refractivity contribution in [3.05, 3.63) is 10.6 Å². The number of nitrogens with one attached hydrogen (secondary N) is 1. The lowest BCUT2D eigenvalue weighted by atomic mass is 10.2. The summed E-state index contributed by atoms with van der Waals surface area (Å²) in [6.45, 7) is 3.42. The first-order valence-electron chi connectivity index (χ1n) is 9.75. The van der Waals surface area contributed by atoms with Crippen molar-refractivity contribution in [3.8, 4) is 0 Å². The van der Waals surface area contributed by atoms with Crippen LogP contribution in [0.5, 0.6) is 0 Å². The highest BCUT2D eigenvalue weighted by molar-refractivity contribution is 9.12. The maximum absolute atomic E-state index is 11.8. The van der Waals surface area contributed by atoms with Gasteiger partial charge in [0, 0.05) is 38.5 Å². The summed E-state index contributed by atoms with van der Waals surface area (Å²) in [4.78, 5) is 62.3. The zero-order chi connectivity index (χ0) is 22.4. The van der Waals surface area contributed by atoms with E-state index in [0.29, 0.717) is 24.6 Å². The highest BCUT2D eigenvalue weighted by Gasteiger charge is 2.32. The Morgan fingerprint density at radius 2 is 1.67 bits per heavy atom. The predicted molar refractivity (Wildman–Crippen MR) is 108 cm³/mol. The Bertz CT molecular complexity index is 649. The van der Waals surface area contributed by atoms with Crippen LogP contribution in [-0.4, -0.2) is 67.5 Å². The number of ketones is 1. The van der Waals surface area contributed by atoms with Gasteiger partial charge in [0.25, 0.3) is 17.7 Å². The summed E-state index contributed by atoms with van der Waals surface area (Å²) >= 11 is 3.08. The van der Waals surface area contributed by atoms with E-state index >= 15 is 0 Å². The van der Waals surface area contributed by atoms with Gasteiger partial charge >= 0.3 is 5.97 Å². The molecule has 0 aromatic carbocycles. The first-order chi connectivity index (χ1) is 14.3. The predicted octanol–water partition coefficient (Wildman–Crippen LogP) is 1.17. The molecule has 1 aliphatic heterocycles. The Morgan fingerprint density at radius 1 is 1.03 bits per heavy atom. The van der Waals surface area contributed by atoms with E-state index in [1.165, 1.54) is 6.08 Å². The second-order valence-electron chi connectivity index (χ2n) is 6.34. The summed E-state index contributed by atoms with van der Waals surface area (Å²) in [5, 5.41) is 3.16. The van der Waals surface area contributed by atoms with Crippen molar-refractivity contribution >= 4 is 45.4 Å². The van der Waals surface area contributed by atoms with E-state index < -0.39 is 17.8 Å². The summed E-state index contributed by atoms with van der Waals surface area (Å²) in [5.74, 6) is -2.27. The van der Waals surface area contributed by atoms with Crippen LogP contribution < -0.4 is 5.32 Å². The van der Waals surface area contributed by atoms with Crippen LogP contribution >= 0.6 is 15.9 Å². The molecule has 1 heterocycles. The van der Waals surface area contributed by atoms with Gasteiger partial charge in [-0.05, 0) is 28.8 Å². The average molecular weight is 491 g/mol. The fraction of sp³-hybridized carbons (Fsp3) is 0.632. The van der Waals surface area contributed by atoms with Gasteiger partial charge in [0.2, 0.25) is 0 Å². The number of allylic oxidation sites excluding steroid dienone is 1. The average Bonchev–Trinajstić information content (AvgIpc) is 3.02. The monoisotopic (exact) mass is 490 g/mol. The summed E-state index contributed by atoms with van der Waals surface area (Å²) in [6, 6.07) is 0. The minimum absolute atomic E-state index is 0.0490. The van der Waals surface area contributed by atoms with Crippen molar-refractivity contribution < 1.29 is 38.3 Å². The molecule has 0 aromatic rings. The third-order valence-corrected chi connectivity index (χ3v) is 4.36. The van der Waals surface area contributed by atoms with Gasteiger partial charge in [0.15, 0.2) is 5.78 Å². The number of halogens is 1. The maximum Gasteiger partial charge on any atom is 0.335 e. The summed E-state index contributed by atoms with van der Waals surface area (Å²) in [5.41, 5.74) is 0. The Morgan fingerprint density at radius 3 is 2.30 bits per heavy atom. The zero-order valence-electron chi connectivity index (χ0n) is 16.9. The SMILES string of the molecule is CCCNC(=O)/C(Br)=C\C(=O)CCCOCCOCCC(=O)ON1C(=O)CCC1=O. The van der Waals surface area contributed by atoms with Crippen LogP contribution in [0.3, 0.4) is 0 Å². The van der Waals surface area contributed by atoms with Crippen LogP contribution in [0, 0.1) is 0 Å². The largest absolute Gasteiger partial charge is 0.379 e. The van der Waals surface area contributed by atoms with E-state index in [9.17, 15) is 24.0 Å². The lowest BCUT2D eigenvalue weighted by Crippen LogP contribution is -2.32. The van der Waals surface area contributed by atoms with Crippen molar-refractivity contribution in [2.24, 2.45) is 0 Å². The van der Waals surface area contributed by atoms with E-state index in [1.54, 1.807) is 0 Å². The molecule has 0 atom stereocenters. The number of rotatable bonds is 15. The molecule has 1 aliphatic rings. The minimum Gasteiger partial charge on any atom is -0.379 e. The molecule has 1 saturated heterocycles. The molecule has 10 nitrogen and oxygen atoms in total. The summed E-state index contributed by atoms with van der Waals surface area (Å²) in [7, 11) is 0. The third kappa shape index (κ3) is 10.6. The molecule has 0 saturated carbocycles. The number of nitrogens with zero attached hydrogens (tertiary/aromatic N) is 1. The second kappa shape index (κ2) is 14.8. The normalized spacial score (nSPS) is 14.2. The lowest BCUT2D eigenvalue weighted by Gasteiger charge is -2.12. The van der Waals surface area contributed by atoms with Crippen LogP contribution in [0.4, 0.5) is 0 Å². The van der Waals surface area contributed by atoms with Gasteiger partial charge in [-0.2, -0.15) is 0 Å². The summed E-state index contributed by atoms with van der Waals surface area (Å²) in [6.07, 6.45) is 2.81.